The zero-order chi connectivity index (χ0) is 30.5. The molecule has 0 spiro atoms. The number of aromatic nitrogens is 1. The van der Waals surface area contributed by atoms with Crippen molar-refractivity contribution in [3.05, 3.63) is 36.0 Å². The number of carbonyl (C=O) groups is 5. The second kappa shape index (κ2) is 16.3. The number of hydrogen-bond donors (Lipinski definition) is 8. The SMILES string of the molecule is CC(C)CC(N)C(=O)NC(CCCCN)C(=O)NC(CCC(=O)O)C(=O)NC(Cc1c[nH]c2ccccc12)C(=O)O. The zero-order valence-corrected chi connectivity index (χ0v) is 23.5. The predicted molar refractivity (Wildman–Crippen MR) is 153 cm³/mol. The number of H-pyrrole nitrogens is 1. The Bertz CT molecular complexity index is 1200. The van der Waals surface area contributed by atoms with Crippen molar-refractivity contribution in [3.8, 4) is 0 Å². The Hall–Kier alpha value is -3.97. The molecule has 1 aromatic heterocycles. The van der Waals surface area contributed by atoms with Gasteiger partial charge in [0.2, 0.25) is 17.7 Å². The summed E-state index contributed by atoms with van der Waals surface area (Å²) in [6.07, 6.45) is 2.59. The fraction of sp³-hybridized carbons (Fsp3) is 0.536. The molecule has 0 aliphatic heterocycles. The van der Waals surface area contributed by atoms with Crippen LogP contribution in [0.15, 0.2) is 30.5 Å². The van der Waals surface area contributed by atoms with Crippen LogP contribution in [0.5, 0.6) is 0 Å². The number of unbranched alkanes of at least 4 members (excludes halogenated alkanes) is 1. The molecule has 13 nitrogen and oxygen atoms in total. The number of amides is 3. The largest absolute Gasteiger partial charge is 0.481 e. The number of benzene rings is 1. The molecule has 0 fully saturated rings. The third kappa shape index (κ3) is 10.8. The average Bonchev–Trinajstić information content (AvgIpc) is 3.32. The summed E-state index contributed by atoms with van der Waals surface area (Å²) >= 11 is 0. The van der Waals surface area contributed by atoms with E-state index in [4.69, 9.17) is 11.5 Å². The van der Waals surface area contributed by atoms with Crippen LogP contribution in [0.1, 0.15) is 57.9 Å². The maximum absolute atomic E-state index is 13.3. The first-order valence-electron chi connectivity index (χ1n) is 13.8. The number of carboxylic acid groups (broad SMARTS) is 2. The molecule has 3 amide bonds. The molecule has 1 heterocycles. The van der Waals surface area contributed by atoms with Crippen molar-refractivity contribution in [3.63, 3.8) is 0 Å². The van der Waals surface area contributed by atoms with Crippen LogP contribution in [0, 0.1) is 5.92 Å². The number of fused-ring (bicyclic) bond motifs is 1. The van der Waals surface area contributed by atoms with E-state index in [-0.39, 0.29) is 25.2 Å². The van der Waals surface area contributed by atoms with Crippen LogP contribution in [0.2, 0.25) is 0 Å². The van der Waals surface area contributed by atoms with Crippen LogP contribution < -0.4 is 27.4 Å². The highest BCUT2D eigenvalue weighted by atomic mass is 16.4. The minimum Gasteiger partial charge on any atom is -0.481 e. The molecule has 41 heavy (non-hydrogen) atoms. The van der Waals surface area contributed by atoms with Gasteiger partial charge in [-0.05, 0) is 56.2 Å². The smallest absolute Gasteiger partial charge is 0.326 e. The highest BCUT2D eigenvalue weighted by Gasteiger charge is 2.31. The lowest BCUT2D eigenvalue weighted by Gasteiger charge is -2.25. The van der Waals surface area contributed by atoms with Gasteiger partial charge in [-0.15, -0.1) is 0 Å². The maximum Gasteiger partial charge on any atom is 0.326 e. The van der Waals surface area contributed by atoms with Gasteiger partial charge < -0.3 is 42.6 Å². The first-order valence-corrected chi connectivity index (χ1v) is 13.8. The van der Waals surface area contributed by atoms with Crippen LogP contribution >= 0.6 is 0 Å². The third-order valence-electron chi connectivity index (χ3n) is 6.64. The van der Waals surface area contributed by atoms with Crippen LogP contribution in [0.25, 0.3) is 10.9 Å². The second-order valence-electron chi connectivity index (χ2n) is 10.5. The summed E-state index contributed by atoms with van der Waals surface area (Å²) in [4.78, 5) is 65.5. The second-order valence-corrected chi connectivity index (χ2v) is 10.5. The Balaban J connectivity index is 2.19. The Kier molecular flexibility index (Phi) is 13.2. The van der Waals surface area contributed by atoms with Crippen molar-refractivity contribution >= 4 is 40.6 Å². The number of rotatable bonds is 18. The lowest BCUT2D eigenvalue weighted by atomic mass is 10.0. The standard InChI is InChI=1S/C28H42N6O7/c1-16(2)13-19(30)25(37)32-21(9-5-6-12-29)26(38)33-22(10-11-24(35)36)27(39)34-23(28(40)41)14-17-15-31-20-8-4-3-7-18(17)20/h3-4,7-8,15-16,19,21-23,31H,5-6,9-14,29-30H2,1-2H3,(H,32,37)(H,33,38)(H,34,39)(H,35,36)(H,40,41). The van der Waals surface area contributed by atoms with Crippen molar-refractivity contribution in [2.24, 2.45) is 17.4 Å². The van der Waals surface area contributed by atoms with Gasteiger partial charge in [0.05, 0.1) is 6.04 Å². The van der Waals surface area contributed by atoms with E-state index in [2.05, 4.69) is 20.9 Å². The molecule has 10 N–H and O–H groups in total. The van der Waals surface area contributed by atoms with Crippen molar-refractivity contribution in [2.45, 2.75) is 83.0 Å². The van der Waals surface area contributed by atoms with Crippen LogP contribution in [0.4, 0.5) is 0 Å². The van der Waals surface area contributed by atoms with Crippen molar-refractivity contribution in [2.75, 3.05) is 6.54 Å². The summed E-state index contributed by atoms with van der Waals surface area (Å²) in [6, 6.07) is 2.71. The number of carbonyl (C=O) groups excluding carboxylic acids is 3. The topological polar surface area (TPSA) is 230 Å². The molecule has 0 saturated heterocycles. The van der Waals surface area contributed by atoms with Gasteiger partial charge in [-0.1, -0.05) is 32.0 Å². The van der Waals surface area contributed by atoms with Gasteiger partial charge in [-0.3, -0.25) is 19.2 Å². The molecule has 0 aliphatic rings. The number of aliphatic carboxylic acids is 2. The first kappa shape index (κ1) is 33.2. The van der Waals surface area contributed by atoms with E-state index in [0.29, 0.717) is 31.4 Å². The zero-order valence-electron chi connectivity index (χ0n) is 23.5. The Morgan fingerprint density at radius 2 is 1.49 bits per heavy atom. The summed E-state index contributed by atoms with van der Waals surface area (Å²) in [5.41, 5.74) is 13.0. The van der Waals surface area contributed by atoms with Gasteiger partial charge in [0.25, 0.3) is 0 Å². The van der Waals surface area contributed by atoms with E-state index < -0.39 is 60.2 Å². The van der Waals surface area contributed by atoms with Crippen LogP contribution in [-0.2, 0) is 30.4 Å². The van der Waals surface area contributed by atoms with E-state index in [9.17, 15) is 34.2 Å². The van der Waals surface area contributed by atoms with Gasteiger partial charge in [0.15, 0.2) is 0 Å². The summed E-state index contributed by atoms with van der Waals surface area (Å²) < 4.78 is 0. The summed E-state index contributed by atoms with van der Waals surface area (Å²) in [5.74, 6) is -4.42. The molecule has 13 heteroatoms. The monoisotopic (exact) mass is 574 g/mol. The number of aromatic amines is 1. The summed E-state index contributed by atoms with van der Waals surface area (Å²) in [5, 5.41) is 27.4. The quantitative estimate of drug-likeness (QED) is 0.116. The fourth-order valence-corrected chi connectivity index (χ4v) is 4.46. The fourth-order valence-electron chi connectivity index (χ4n) is 4.46. The highest BCUT2D eigenvalue weighted by Crippen LogP contribution is 2.19. The number of carboxylic acids is 2. The van der Waals surface area contributed by atoms with Gasteiger partial charge in [-0.2, -0.15) is 0 Å². The molecular weight excluding hydrogens is 532 g/mol. The van der Waals surface area contributed by atoms with Crippen LogP contribution in [0.3, 0.4) is 0 Å². The summed E-state index contributed by atoms with van der Waals surface area (Å²) in [6.45, 7) is 4.20. The molecule has 1 aromatic carbocycles. The molecule has 4 atom stereocenters. The molecule has 4 unspecified atom stereocenters. The normalized spacial score (nSPS) is 14.2. The van der Waals surface area contributed by atoms with E-state index in [1.165, 1.54) is 0 Å². The van der Waals surface area contributed by atoms with Gasteiger partial charge in [-0.25, -0.2) is 4.79 Å². The van der Waals surface area contributed by atoms with Crippen molar-refractivity contribution < 1.29 is 34.2 Å². The van der Waals surface area contributed by atoms with Gasteiger partial charge in [0, 0.05) is 29.9 Å². The van der Waals surface area contributed by atoms with Crippen molar-refractivity contribution in [1.29, 1.82) is 0 Å². The average molecular weight is 575 g/mol. The first-order chi connectivity index (χ1) is 19.4. The summed E-state index contributed by atoms with van der Waals surface area (Å²) in [7, 11) is 0. The van der Waals surface area contributed by atoms with E-state index in [1.807, 2.05) is 38.1 Å². The minimum absolute atomic E-state index is 0.0454. The molecular formula is C28H42N6O7. The van der Waals surface area contributed by atoms with Crippen LogP contribution in [-0.4, -0.2) is 75.6 Å². The third-order valence-corrected chi connectivity index (χ3v) is 6.64. The van der Waals surface area contributed by atoms with E-state index in [0.717, 1.165) is 10.9 Å². The predicted octanol–water partition coefficient (Wildman–Crippen LogP) is 0.617. The molecule has 0 bridgehead atoms. The number of nitrogens with two attached hydrogens (primary N) is 2. The molecule has 0 radical (unpaired) electrons. The molecule has 226 valence electrons. The van der Waals surface area contributed by atoms with Gasteiger partial charge in [0.1, 0.15) is 18.1 Å². The van der Waals surface area contributed by atoms with Gasteiger partial charge >= 0.3 is 11.9 Å². The Morgan fingerprint density at radius 1 is 0.878 bits per heavy atom. The lowest BCUT2D eigenvalue weighted by molar-refractivity contribution is -0.143. The van der Waals surface area contributed by atoms with E-state index >= 15 is 0 Å². The highest BCUT2D eigenvalue weighted by molar-refractivity contribution is 5.94. The molecule has 0 aliphatic carbocycles. The molecule has 0 saturated carbocycles. The minimum atomic E-state index is -1.36. The Morgan fingerprint density at radius 3 is 2.10 bits per heavy atom. The Labute approximate surface area is 238 Å². The number of hydrogen-bond acceptors (Lipinski definition) is 7. The van der Waals surface area contributed by atoms with Crippen molar-refractivity contribution in [1.82, 2.24) is 20.9 Å². The molecule has 2 rings (SSSR count). The lowest BCUT2D eigenvalue weighted by Crippen LogP contribution is -2.57. The number of nitrogens with one attached hydrogen (secondary N) is 4. The molecule has 2 aromatic rings. The maximum atomic E-state index is 13.3. The number of para-hydroxylation sites is 1. The van der Waals surface area contributed by atoms with E-state index in [1.54, 1.807) is 6.20 Å².